The number of nitrogens with zero attached hydrogens (tertiary/aromatic N) is 1. The van der Waals surface area contributed by atoms with Gasteiger partial charge in [-0.3, -0.25) is 4.99 Å². The normalized spacial score (nSPS) is 14.1. The first kappa shape index (κ1) is 24.1. The lowest BCUT2D eigenvalue weighted by atomic mass is 10.1. The van der Waals surface area contributed by atoms with Gasteiger partial charge in [0.15, 0.2) is 15.8 Å². The molecule has 1 aromatic rings. The van der Waals surface area contributed by atoms with Gasteiger partial charge in [-0.2, -0.15) is 8.78 Å². The van der Waals surface area contributed by atoms with E-state index in [9.17, 15) is 22.3 Å². The molecule has 0 saturated heterocycles. The average molecular weight is 422 g/mol. The molecule has 0 aromatic heterocycles. The quantitative estimate of drug-likeness (QED) is 0.417. The minimum atomic E-state index is -3.26. The van der Waals surface area contributed by atoms with E-state index in [2.05, 4.69) is 20.4 Å². The van der Waals surface area contributed by atoms with Crippen molar-refractivity contribution in [3.05, 3.63) is 29.8 Å². The van der Waals surface area contributed by atoms with Crippen LogP contribution >= 0.6 is 0 Å². The third-order valence-electron chi connectivity index (χ3n) is 3.85. The Morgan fingerprint density at radius 3 is 2.32 bits per heavy atom. The number of nitrogens with one attached hydrogen (secondary N) is 2. The molecule has 1 aromatic carbocycles. The Morgan fingerprint density at radius 2 is 1.82 bits per heavy atom. The maximum Gasteiger partial charge on any atom is 0.387 e. The van der Waals surface area contributed by atoms with Gasteiger partial charge < -0.3 is 20.5 Å². The molecule has 0 spiro atoms. The van der Waals surface area contributed by atoms with E-state index in [0.29, 0.717) is 18.1 Å². The maximum atomic E-state index is 12.2. The first-order valence-corrected chi connectivity index (χ1v) is 10.6. The first-order valence-electron chi connectivity index (χ1n) is 8.93. The van der Waals surface area contributed by atoms with E-state index in [1.165, 1.54) is 24.3 Å². The van der Waals surface area contributed by atoms with Crippen LogP contribution in [-0.4, -0.2) is 56.2 Å². The van der Waals surface area contributed by atoms with Gasteiger partial charge in [0.25, 0.3) is 0 Å². The zero-order valence-corrected chi connectivity index (χ0v) is 17.4. The fraction of sp³-hybridized carbons (Fsp3) is 0.611. The summed E-state index contributed by atoms with van der Waals surface area (Å²) >= 11 is 0. The predicted molar refractivity (Wildman–Crippen MR) is 106 cm³/mol. The molecule has 0 aliphatic rings. The molecule has 0 heterocycles. The highest BCUT2D eigenvalue weighted by Crippen LogP contribution is 2.19. The Labute approximate surface area is 165 Å². The van der Waals surface area contributed by atoms with Crippen LogP contribution in [0.5, 0.6) is 5.75 Å². The van der Waals surface area contributed by atoms with Crippen LogP contribution < -0.4 is 15.4 Å². The first-order chi connectivity index (χ1) is 13.0. The standard InChI is InChI=1S/C18H29F2N3O4S/c1-5-21-17(22-10-11-28(25,26)18(2,3)4)23-12-15(24)13-6-8-14(9-7-13)27-16(19)20/h6-9,15-16,24H,5,10-12H2,1-4H3,(H2,21,22,23). The fourth-order valence-electron chi connectivity index (χ4n) is 2.11. The zero-order chi connectivity index (χ0) is 21.4. The fourth-order valence-corrected chi connectivity index (χ4v) is 3.09. The molecule has 0 bridgehead atoms. The number of halogens is 2. The van der Waals surface area contributed by atoms with Crippen molar-refractivity contribution in [3.63, 3.8) is 0 Å². The number of hydrogen-bond donors (Lipinski definition) is 3. The Kier molecular flexibility index (Phi) is 9.09. The second kappa shape index (κ2) is 10.6. The van der Waals surface area contributed by atoms with Gasteiger partial charge in [-0.15, -0.1) is 0 Å². The molecule has 0 aliphatic heterocycles. The van der Waals surface area contributed by atoms with Gasteiger partial charge in [0.05, 0.1) is 23.1 Å². The van der Waals surface area contributed by atoms with Crippen molar-refractivity contribution in [3.8, 4) is 5.75 Å². The highest BCUT2D eigenvalue weighted by Gasteiger charge is 2.28. The van der Waals surface area contributed by atoms with Crippen molar-refractivity contribution in [2.75, 3.05) is 25.4 Å². The van der Waals surface area contributed by atoms with Gasteiger partial charge in [-0.1, -0.05) is 12.1 Å². The van der Waals surface area contributed by atoms with E-state index in [0.717, 1.165) is 0 Å². The summed E-state index contributed by atoms with van der Waals surface area (Å²) < 4.78 is 52.0. The summed E-state index contributed by atoms with van der Waals surface area (Å²) in [7, 11) is -3.26. The molecule has 0 saturated carbocycles. The third kappa shape index (κ3) is 7.97. The molecule has 7 nitrogen and oxygen atoms in total. The predicted octanol–water partition coefficient (Wildman–Crippen LogP) is 2.09. The van der Waals surface area contributed by atoms with Crippen molar-refractivity contribution in [2.24, 2.45) is 4.99 Å². The molecular weight excluding hydrogens is 392 g/mol. The summed E-state index contributed by atoms with van der Waals surface area (Å²) in [6.45, 7) is 4.66. The lowest BCUT2D eigenvalue weighted by Gasteiger charge is -2.20. The number of alkyl halides is 2. The number of hydrogen-bond acceptors (Lipinski definition) is 5. The van der Waals surface area contributed by atoms with Gasteiger partial charge in [0.2, 0.25) is 0 Å². The highest BCUT2D eigenvalue weighted by atomic mass is 32.2. The van der Waals surface area contributed by atoms with E-state index in [-0.39, 0.29) is 24.6 Å². The van der Waals surface area contributed by atoms with Crippen molar-refractivity contribution < 1.29 is 27.0 Å². The van der Waals surface area contributed by atoms with E-state index in [4.69, 9.17) is 0 Å². The minimum absolute atomic E-state index is 0.00418. The van der Waals surface area contributed by atoms with Crippen LogP contribution in [0.1, 0.15) is 39.4 Å². The topological polar surface area (TPSA) is 100 Å². The van der Waals surface area contributed by atoms with Crippen LogP contribution in [0.15, 0.2) is 29.3 Å². The van der Waals surface area contributed by atoms with Crippen LogP contribution in [0.25, 0.3) is 0 Å². The molecule has 0 fully saturated rings. The number of aliphatic hydroxyl groups is 1. The Bertz CT molecular complexity index is 732. The minimum Gasteiger partial charge on any atom is -0.435 e. The monoisotopic (exact) mass is 421 g/mol. The molecule has 1 atom stereocenters. The van der Waals surface area contributed by atoms with Gasteiger partial charge in [0, 0.05) is 13.1 Å². The van der Waals surface area contributed by atoms with Gasteiger partial charge in [0.1, 0.15) is 5.75 Å². The molecule has 160 valence electrons. The second-order valence-electron chi connectivity index (χ2n) is 7.04. The second-order valence-corrected chi connectivity index (χ2v) is 9.90. The molecular formula is C18H29F2N3O4S. The lowest BCUT2D eigenvalue weighted by molar-refractivity contribution is -0.0498. The zero-order valence-electron chi connectivity index (χ0n) is 16.6. The Morgan fingerprint density at radius 1 is 1.21 bits per heavy atom. The molecule has 10 heteroatoms. The van der Waals surface area contributed by atoms with E-state index < -0.39 is 27.3 Å². The van der Waals surface area contributed by atoms with Crippen LogP contribution in [-0.2, 0) is 9.84 Å². The Hall–Kier alpha value is -1.94. The summed E-state index contributed by atoms with van der Waals surface area (Å²) in [6.07, 6.45) is -0.950. The number of aliphatic imine (C=N–C) groups is 1. The molecule has 3 N–H and O–H groups in total. The van der Waals surface area contributed by atoms with Crippen LogP contribution in [0.3, 0.4) is 0 Å². The number of ether oxygens (including phenoxy) is 1. The molecule has 0 amide bonds. The van der Waals surface area contributed by atoms with Gasteiger partial charge in [-0.05, 0) is 45.4 Å². The molecule has 28 heavy (non-hydrogen) atoms. The van der Waals surface area contributed by atoms with Gasteiger partial charge in [-0.25, -0.2) is 8.42 Å². The van der Waals surface area contributed by atoms with Crippen LogP contribution in [0, 0.1) is 0 Å². The lowest BCUT2D eigenvalue weighted by Crippen LogP contribution is -2.42. The van der Waals surface area contributed by atoms with Crippen LogP contribution in [0.2, 0.25) is 0 Å². The summed E-state index contributed by atoms with van der Waals surface area (Å²) in [5, 5.41) is 16.1. The summed E-state index contributed by atoms with van der Waals surface area (Å²) in [5.74, 6) is 0.336. The van der Waals surface area contributed by atoms with E-state index >= 15 is 0 Å². The number of rotatable bonds is 9. The largest absolute Gasteiger partial charge is 0.435 e. The number of aliphatic hydroxyl groups excluding tert-OH is 1. The number of sulfone groups is 1. The molecule has 1 unspecified atom stereocenters. The maximum absolute atomic E-state index is 12.2. The van der Waals surface area contributed by atoms with E-state index in [1.807, 2.05) is 6.92 Å². The van der Waals surface area contributed by atoms with Crippen molar-refractivity contribution >= 4 is 15.8 Å². The molecule has 0 aliphatic carbocycles. The third-order valence-corrected chi connectivity index (χ3v) is 6.46. The van der Waals surface area contributed by atoms with E-state index in [1.54, 1.807) is 20.8 Å². The van der Waals surface area contributed by atoms with Crippen molar-refractivity contribution in [1.29, 1.82) is 0 Å². The smallest absolute Gasteiger partial charge is 0.387 e. The highest BCUT2D eigenvalue weighted by molar-refractivity contribution is 7.92. The van der Waals surface area contributed by atoms with Crippen molar-refractivity contribution in [2.45, 2.75) is 45.2 Å². The van der Waals surface area contributed by atoms with Crippen molar-refractivity contribution in [1.82, 2.24) is 10.6 Å². The number of guanidine groups is 1. The molecule has 0 radical (unpaired) electrons. The summed E-state index contributed by atoms with van der Waals surface area (Å²) in [6, 6.07) is 5.65. The van der Waals surface area contributed by atoms with Gasteiger partial charge >= 0.3 is 6.61 Å². The summed E-state index contributed by atoms with van der Waals surface area (Å²) in [4.78, 5) is 4.24. The average Bonchev–Trinajstić information content (AvgIpc) is 2.58. The SMILES string of the molecule is CCNC(=NCC(O)c1ccc(OC(F)F)cc1)NCCS(=O)(=O)C(C)(C)C. The summed E-state index contributed by atoms with van der Waals surface area (Å²) in [5.41, 5.74) is 0.497. The van der Waals surface area contributed by atoms with Crippen LogP contribution in [0.4, 0.5) is 8.78 Å². The number of benzene rings is 1. The Balaban J connectivity index is 2.65. The molecule has 1 rings (SSSR count).